The Morgan fingerprint density at radius 3 is 2.26 bits per heavy atom. The summed E-state index contributed by atoms with van der Waals surface area (Å²) in [5.41, 5.74) is 1.76. The molecule has 3 heterocycles. The zero-order chi connectivity index (χ0) is 24.3. The molecule has 10 nitrogen and oxygen atoms in total. The molecule has 0 saturated carbocycles. The summed E-state index contributed by atoms with van der Waals surface area (Å²) in [4.78, 5) is 26.3. The first-order chi connectivity index (χ1) is 16.2. The van der Waals surface area contributed by atoms with Crippen LogP contribution in [-0.4, -0.2) is 86.1 Å². The Balaban J connectivity index is 1.34. The monoisotopic (exact) mass is 488 g/mol. The van der Waals surface area contributed by atoms with Crippen molar-refractivity contribution in [1.29, 1.82) is 0 Å². The van der Waals surface area contributed by atoms with Gasteiger partial charge in [0.1, 0.15) is 11.6 Å². The highest BCUT2D eigenvalue weighted by atomic mass is 32.2. The maximum Gasteiger partial charge on any atom is 0.227 e. The number of piperidine rings is 1. The van der Waals surface area contributed by atoms with E-state index in [4.69, 9.17) is 9.72 Å². The average Bonchev–Trinajstić information content (AvgIpc) is 2.83. The lowest BCUT2D eigenvalue weighted by Crippen LogP contribution is -2.52. The molecule has 34 heavy (non-hydrogen) atoms. The number of aryl methyl sites for hydroxylation is 1. The molecule has 1 aromatic carbocycles. The van der Waals surface area contributed by atoms with Gasteiger partial charge in [-0.15, -0.1) is 0 Å². The average molecular weight is 489 g/mol. The van der Waals surface area contributed by atoms with Crippen molar-refractivity contribution in [3.63, 3.8) is 0 Å². The molecule has 2 aliphatic rings. The van der Waals surface area contributed by atoms with Gasteiger partial charge in [0.2, 0.25) is 21.9 Å². The fourth-order valence-corrected chi connectivity index (χ4v) is 5.27. The van der Waals surface area contributed by atoms with Crippen molar-refractivity contribution >= 4 is 33.4 Å². The number of amides is 1. The van der Waals surface area contributed by atoms with Gasteiger partial charge in [-0.1, -0.05) is 0 Å². The first-order valence-electron chi connectivity index (χ1n) is 11.5. The minimum atomic E-state index is -3.19. The fourth-order valence-electron chi connectivity index (χ4n) is 4.40. The van der Waals surface area contributed by atoms with Gasteiger partial charge in [0.15, 0.2) is 0 Å². The molecule has 2 aliphatic heterocycles. The highest BCUT2D eigenvalue weighted by Crippen LogP contribution is 2.24. The van der Waals surface area contributed by atoms with Crippen LogP contribution in [0.15, 0.2) is 30.3 Å². The number of methoxy groups -OCH3 is 1. The molecule has 0 aliphatic carbocycles. The molecule has 2 saturated heterocycles. The number of benzene rings is 1. The molecule has 4 rings (SSSR count). The Hall–Kier alpha value is -2.92. The number of nitrogens with one attached hydrogen (secondary N) is 1. The van der Waals surface area contributed by atoms with Crippen molar-refractivity contribution in [2.75, 3.05) is 62.9 Å². The van der Waals surface area contributed by atoms with Crippen LogP contribution >= 0.6 is 0 Å². The molecule has 11 heteroatoms. The predicted octanol–water partition coefficient (Wildman–Crippen LogP) is 1.86. The second-order valence-corrected chi connectivity index (χ2v) is 10.8. The van der Waals surface area contributed by atoms with Gasteiger partial charge in [0, 0.05) is 62.6 Å². The largest absolute Gasteiger partial charge is 0.497 e. The highest BCUT2D eigenvalue weighted by molar-refractivity contribution is 7.88. The number of sulfonamides is 1. The first-order valence-corrected chi connectivity index (χ1v) is 13.3. The Kier molecular flexibility index (Phi) is 7.22. The van der Waals surface area contributed by atoms with Crippen LogP contribution in [0, 0.1) is 12.8 Å². The zero-order valence-corrected chi connectivity index (χ0v) is 20.7. The third kappa shape index (κ3) is 5.76. The van der Waals surface area contributed by atoms with E-state index in [1.165, 1.54) is 10.6 Å². The second-order valence-electron chi connectivity index (χ2n) is 8.80. The van der Waals surface area contributed by atoms with Crippen molar-refractivity contribution in [2.24, 2.45) is 5.92 Å². The number of piperazine rings is 1. The number of carbonyl (C=O) groups is 1. The van der Waals surface area contributed by atoms with Crippen LogP contribution in [0.3, 0.4) is 0 Å². The van der Waals surface area contributed by atoms with Crippen LogP contribution in [0.4, 0.5) is 17.5 Å². The normalized spacial score (nSPS) is 18.1. The number of anilines is 3. The molecule has 0 bridgehead atoms. The molecule has 1 aromatic heterocycles. The summed E-state index contributed by atoms with van der Waals surface area (Å²) in [5.74, 6) is 2.16. The molecule has 1 N–H and O–H groups in total. The molecule has 0 atom stereocenters. The summed E-state index contributed by atoms with van der Waals surface area (Å²) in [7, 11) is -1.55. The number of carbonyl (C=O) groups excluding carboxylic acids is 1. The van der Waals surface area contributed by atoms with Gasteiger partial charge in [-0.05, 0) is 44.0 Å². The van der Waals surface area contributed by atoms with Gasteiger partial charge >= 0.3 is 0 Å². The Morgan fingerprint density at radius 1 is 1.03 bits per heavy atom. The predicted molar refractivity (Wildman–Crippen MR) is 131 cm³/mol. The second kappa shape index (κ2) is 10.1. The topological polar surface area (TPSA) is 108 Å². The first kappa shape index (κ1) is 24.2. The zero-order valence-electron chi connectivity index (χ0n) is 19.9. The summed E-state index contributed by atoms with van der Waals surface area (Å²) in [6, 6.07) is 9.54. The van der Waals surface area contributed by atoms with Gasteiger partial charge in [-0.3, -0.25) is 4.79 Å². The minimum Gasteiger partial charge on any atom is -0.497 e. The van der Waals surface area contributed by atoms with Gasteiger partial charge in [0.25, 0.3) is 0 Å². The van der Waals surface area contributed by atoms with Crippen LogP contribution in [0.5, 0.6) is 5.75 Å². The van der Waals surface area contributed by atoms with Crippen molar-refractivity contribution in [3.05, 3.63) is 36.0 Å². The summed E-state index contributed by atoms with van der Waals surface area (Å²) in [5, 5.41) is 3.32. The van der Waals surface area contributed by atoms with E-state index in [-0.39, 0.29) is 11.8 Å². The van der Waals surface area contributed by atoms with E-state index in [1.807, 2.05) is 42.2 Å². The lowest BCUT2D eigenvalue weighted by Gasteiger charge is -2.38. The highest BCUT2D eigenvalue weighted by Gasteiger charge is 2.33. The Morgan fingerprint density at radius 2 is 1.68 bits per heavy atom. The summed E-state index contributed by atoms with van der Waals surface area (Å²) in [6.07, 6.45) is 2.38. The lowest BCUT2D eigenvalue weighted by molar-refractivity contribution is -0.137. The molecule has 184 valence electrons. The van der Waals surface area contributed by atoms with Crippen LogP contribution in [0.2, 0.25) is 0 Å². The summed E-state index contributed by atoms with van der Waals surface area (Å²) >= 11 is 0. The molecule has 2 fully saturated rings. The van der Waals surface area contributed by atoms with E-state index in [9.17, 15) is 13.2 Å². The molecule has 0 unspecified atom stereocenters. The van der Waals surface area contributed by atoms with Crippen LogP contribution in [-0.2, 0) is 14.8 Å². The standard InChI is InChI=1S/C23H32N6O4S/c1-17-16-21(25-19-4-6-20(33-2)7-5-19)26-23(24-17)28-14-12-27(13-15-28)22(30)18-8-10-29(11-9-18)34(3,31)32/h4-7,16,18H,8-15H2,1-3H3,(H,24,25,26). The third-order valence-corrected chi connectivity index (χ3v) is 7.65. The maximum atomic E-state index is 13.0. The van der Waals surface area contributed by atoms with E-state index in [2.05, 4.69) is 15.2 Å². The summed E-state index contributed by atoms with van der Waals surface area (Å²) < 4.78 is 30.1. The van der Waals surface area contributed by atoms with Crippen LogP contribution < -0.4 is 15.0 Å². The van der Waals surface area contributed by atoms with Gasteiger partial charge in [0.05, 0.1) is 13.4 Å². The van der Waals surface area contributed by atoms with Crippen LogP contribution in [0.1, 0.15) is 18.5 Å². The Labute approximate surface area is 201 Å². The smallest absolute Gasteiger partial charge is 0.227 e. The molecular formula is C23H32N6O4S. The number of ether oxygens (including phenoxy) is 1. The lowest BCUT2D eigenvalue weighted by atomic mass is 9.96. The number of aromatic nitrogens is 2. The van der Waals surface area contributed by atoms with Gasteiger partial charge in [-0.2, -0.15) is 4.98 Å². The maximum absolute atomic E-state index is 13.0. The van der Waals surface area contributed by atoms with Crippen molar-refractivity contribution < 1.29 is 17.9 Å². The molecule has 0 radical (unpaired) electrons. The van der Waals surface area contributed by atoms with Crippen molar-refractivity contribution in [2.45, 2.75) is 19.8 Å². The van der Waals surface area contributed by atoms with Gasteiger partial charge in [-0.25, -0.2) is 17.7 Å². The van der Waals surface area contributed by atoms with E-state index >= 15 is 0 Å². The van der Waals surface area contributed by atoms with Crippen molar-refractivity contribution in [3.8, 4) is 5.75 Å². The van der Waals surface area contributed by atoms with E-state index in [0.717, 1.165) is 17.1 Å². The SMILES string of the molecule is COc1ccc(Nc2cc(C)nc(N3CCN(C(=O)C4CCN(S(C)(=O)=O)CC4)CC3)n2)cc1. The Bertz CT molecular complexity index is 1110. The summed E-state index contributed by atoms with van der Waals surface area (Å²) in [6.45, 7) is 5.27. The number of hydrogen-bond donors (Lipinski definition) is 1. The quantitative estimate of drug-likeness (QED) is 0.657. The molecule has 1 amide bonds. The minimum absolute atomic E-state index is 0.111. The van der Waals surface area contributed by atoms with Gasteiger partial charge < -0.3 is 19.9 Å². The van der Waals surface area contributed by atoms with E-state index in [1.54, 1.807) is 7.11 Å². The number of hydrogen-bond acceptors (Lipinski definition) is 8. The number of nitrogens with zero attached hydrogens (tertiary/aromatic N) is 5. The number of rotatable bonds is 6. The van der Waals surface area contributed by atoms with Crippen molar-refractivity contribution in [1.82, 2.24) is 19.2 Å². The van der Waals surface area contributed by atoms with Crippen LogP contribution in [0.25, 0.3) is 0 Å². The molecule has 0 spiro atoms. The van der Waals surface area contributed by atoms with E-state index in [0.29, 0.717) is 63.9 Å². The molecule has 2 aromatic rings. The van der Waals surface area contributed by atoms with E-state index < -0.39 is 10.0 Å². The third-order valence-electron chi connectivity index (χ3n) is 6.35. The molecular weight excluding hydrogens is 456 g/mol. The fraction of sp³-hybridized carbons (Fsp3) is 0.522.